The Kier molecular flexibility index (Phi) is 3.43. The molecule has 0 saturated carbocycles. The molecule has 0 bridgehead atoms. The average molecular weight is 277 g/mol. The van der Waals surface area contributed by atoms with Gasteiger partial charge < -0.3 is 5.32 Å². The second kappa shape index (κ2) is 5.24. The molecule has 3 heterocycles. The third-order valence-electron chi connectivity index (χ3n) is 4.02. The number of hydrogen-bond donors (Lipinski definition) is 1. The lowest BCUT2D eigenvalue weighted by atomic mass is 10.1. The van der Waals surface area contributed by atoms with Crippen LogP contribution in [0.4, 0.5) is 4.79 Å². The van der Waals surface area contributed by atoms with Crippen LogP contribution in [-0.4, -0.2) is 57.7 Å². The van der Waals surface area contributed by atoms with E-state index < -0.39 is 0 Å². The normalized spacial score (nSPS) is 23.6. The van der Waals surface area contributed by atoms with E-state index in [1.165, 1.54) is 10.5 Å². The molecular formula is C13H19N5O2. The molecule has 2 saturated heterocycles. The minimum atomic E-state index is -0.271. The summed E-state index contributed by atoms with van der Waals surface area (Å²) in [6.07, 6.45) is 6.18. The molecule has 1 aromatic rings. The van der Waals surface area contributed by atoms with Gasteiger partial charge in [-0.3, -0.25) is 19.3 Å². The van der Waals surface area contributed by atoms with E-state index in [4.69, 9.17) is 0 Å². The maximum absolute atomic E-state index is 11.6. The summed E-state index contributed by atoms with van der Waals surface area (Å²) in [5.74, 6) is -0.132. The highest BCUT2D eigenvalue weighted by Crippen LogP contribution is 2.31. The van der Waals surface area contributed by atoms with Gasteiger partial charge in [0.1, 0.15) is 0 Å². The van der Waals surface area contributed by atoms with E-state index >= 15 is 0 Å². The fraction of sp³-hybridized carbons (Fsp3) is 0.615. The number of aromatic nitrogens is 2. The highest BCUT2D eigenvalue weighted by molar-refractivity contribution is 6.01. The molecule has 0 radical (unpaired) electrons. The zero-order valence-electron chi connectivity index (χ0n) is 11.6. The van der Waals surface area contributed by atoms with Crippen LogP contribution in [0, 0.1) is 0 Å². The smallest absolute Gasteiger partial charge is 0.324 e. The van der Waals surface area contributed by atoms with Crippen LogP contribution in [0.25, 0.3) is 0 Å². The third-order valence-corrected chi connectivity index (χ3v) is 4.02. The summed E-state index contributed by atoms with van der Waals surface area (Å²) in [7, 11) is 1.91. The third kappa shape index (κ3) is 2.40. The van der Waals surface area contributed by atoms with E-state index in [1.54, 1.807) is 0 Å². The molecule has 0 aromatic carbocycles. The van der Waals surface area contributed by atoms with Gasteiger partial charge in [0, 0.05) is 37.9 Å². The number of likely N-dealkylation sites (tertiary alicyclic amines) is 1. The summed E-state index contributed by atoms with van der Waals surface area (Å²) in [6.45, 7) is 2.31. The van der Waals surface area contributed by atoms with Gasteiger partial charge in [0.2, 0.25) is 5.91 Å². The lowest BCUT2D eigenvalue weighted by molar-refractivity contribution is -0.125. The van der Waals surface area contributed by atoms with Crippen molar-refractivity contribution in [3.05, 3.63) is 18.0 Å². The van der Waals surface area contributed by atoms with Gasteiger partial charge in [-0.1, -0.05) is 0 Å². The average Bonchev–Trinajstić information content (AvgIpc) is 3.10. The van der Waals surface area contributed by atoms with E-state index in [0.717, 1.165) is 25.9 Å². The van der Waals surface area contributed by atoms with Crippen molar-refractivity contribution in [1.29, 1.82) is 0 Å². The van der Waals surface area contributed by atoms with Crippen LogP contribution in [0.2, 0.25) is 0 Å². The Hall–Kier alpha value is -1.89. The first-order valence-corrected chi connectivity index (χ1v) is 6.96. The first kappa shape index (κ1) is 13.1. The molecule has 2 aliphatic rings. The molecule has 7 heteroatoms. The molecule has 0 aliphatic carbocycles. The van der Waals surface area contributed by atoms with Crippen LogP contribution in [0.15, 0.2) is 12.4 Å². The summed E-state index contributed by atoms with van der Waals surface area (Å²) >= 11 is 0. The number of nitrogens with one attached hydrogen (secondary N) is 1. The Labute approximate surface area is 117 Å². The van der Waals surface area contributed by atoms with Gasteiger partial charge in [0.25, 0.3) is 0 Å². The van der Waals surface area contributed by atoms with Crippen molar-refractivity contribution in [3.8, 4) is 0 Å². The summed E-state index contributed by atoms with van der Waals surface area (Å²) < 4.78 is 1.81. The number of carbonyl (C=O) groups is 2. The van der Waals surface area contributed by atoms with E-state index in [-0.39, 0.29) is 18.5 Å². The molecule has 1 atom stereocenters. The number of aryl methyl sites for hydroxylation is 1. The highest BCUT2D eigenvalue weighted by atomic mass is 16.2. The Morgan fingerprint density at radius 2 is 2.25 bits per heavy atom. The topological polar surface area (TPSA) is 70.5 Å². The van der Waals surface area contributed by atoms with Crippen LogP contribution < -0.4 is 5.32 Å². The summed E-state index contributed by atoms with van der Waals surface area (Å²) in [4.78, 5) is 26.7. The predicted octanol–water partition coefficient (Wildman–Crippen LogP) is 0.109. The molecule has 20 heavy (non-hydrogen) atoms. The second-order valence-electron chi connectivity index (χ2n) is 5.35. The largest absolute Gasteiger partial charge is 0.329 e. The molecular weight excluding hydrogens is 258 g/mol. The lowest BCUT2D eigenvalue weighted by Gasteiger charge is -2.25. The van der Waals surface area contributed by atoms with Crippen molar-refractivity contribution >= 4 is 11.9 Å². The van der Waals surface area contributed by atoms with E-state index in [1.807, 2.05) is 24.1 Å². The molecule has 1 aromatic heterocycles. The minimum absolute atomic E-state index is 0.130. The van der Waals surface area contributed by atoms with Crippen LogP contribution in [-0.2, 0) is 11.8 Å². The van der Waals surface area contributed by atoms with Gasteiger partial charge in [-0.05, 0) is 19.4 Å². The van der Waals surface area contributed by atoms with Crippen molar-refractivity contribution in [1.82, 2.24) is 24.9 Å². The maximum atomic E-state index is 11.6. The Morgan fingerprint density at radius 1 is 1.40 bits per heavy atom. The summed E-state index contributed by atoms with van der Waals surface area (Å²) in [6, 6.07) is 0.0802. The number of amides is 3. The lowest BCUT2D eigenvalue weighted by Crippen LogP contribution is -2.38. The molecule has 1 N–H and O–H groups in total. The van der Waals surface area contributed by atoms with Gasteiger partial charge in [-0.2, -0.15) is 5.10 Å². The molecule has 2 aliphatic heterocycles. The van der Waals surface area contributed by atoms with Crippen molar-refractivity contribution in [2.75, 3.05) is 26.2 Å². The number of rotatable bonds is 4. The molecule has 2 fully saturated rings. The van der Waals surface area contributed by atoms with Crippen LogP contribution >= 0.6 is 0 Å². The fourth-order valence-electron chi connectivity index (χ4n) is 2.99. The number of imide groups is 1. The Balaban J connectivity index is 1.62. The number of nitrogens with zero attached hydrogens (tertiary/aromatic N) is 4. The molecule has 0 spiro atoms. The number of urea groups is 1. The zero-order valence-corrected chi connectivity index (χ0v) is 11.6. The highest BCUT2D eigenvalue weighted by Gasteiger charge is 2.31. The molecule has 0 unspecified atom stereocenters. The van der Waals surface area contributed by atoms with Crippen LogP contribution in [0.3, 0.4) is 0 Å². The number of carbonyl (C=O) groups excluding carboxylic acids is 2. The van der Waals surface area contributed by atoms with Crippen molar-refractivity contribution in [3.63, 3.8) is 0 Å². The quantitative estimate of drug-likeness (QED) is 0.793. The van der Waals surface area contributed by atoms with Crippen molar-refractivity contribution in [2.24, 2.45) is 7.05 Å². The Morgan fingerprint density at radius 3 is 2.90 bits per heavy atom. The molecule has 108 valence electrons. The second-order valence-corrected chi connectivity index (χ2v) is 5.35. The zero-order chi connectivity index (χ0) is 14.1. The molecule has 3 amide bonds. The van der Waals surface area contributed by atoms with Gasteiger partial charge in [0.15, 0.2) is 0 Å². The molecule has 3 rings (SSSR count). The van der Waals surface area contributed by atoms with Gasteiger partial charge in [-0.15, -0.1) is 0 Å². The first-order chi connectivity index (χ1) is 9.65. The monoisotopic (exact) mass is 277 g/mol. The minimum Gasteiger partial charge on any atom is -0.329 e. The summed E-state index contributed by atoms with van der Waals surface area (Å²) in [5.41, 5.74) is 1.21. The van der Waals surface area contributed by atoms with Crippen LogP contribution in [0.1, 0.15) is 24.4 Å². The fourth-order valence-corrected chi connectivity index (χ4v) is 2.99. The van der Waals surface area contributed by atoms with Crippen LogP contribution in [0.5, 0.6) is 0 Å². The van der Waals surface area contributed by atoms with Gasteiger partial charge in [-0.25, -0.2) is 4.79 Å². The summed E-state index contributed by atoms with van der Waals surface area (Å²) in [5, 5.41) is 6.77. The maximum Gasteiger partial charge on any atom is 0.324 e. The molecule has 7 nitrogen and oxygen atoms in total. The van der Waals surface area contributed by atoms with Crippen molar-refractivity contribution < 1.29 is 9.59 Å². The predicted molar refractivity (Wildman–Crippen MR) is 71.9 cm³/mol. The van der Waals surface area contributed by atoms with Crippen molar-refractivity contribution in [2.45, 2.75) is 18.9 Å². The van der Waals surface area contributed by atoms with Gasteiger partial charge >= 0.3 is 6.03 Å². The van der Waals surface area contributed by atoms with E-state index in [0.29, 0.717) is 12.6 Å². The number of hydrogen-bond acceptors (Lipinski definition) is 4. The standard InChI is InChI=1S/C13H19N5O2/c1-16-9-10(7-15-16)11-3-2-4-17(11)5-6-18-12(19)8-14-13(18)20/h7,9,11H,2-6,8H2,1H3,(H,14,20)/t11-/m1/s1. The SMILES string of the molecule is Cn1cc([C@H]2CCCN2CCN2C(=O)CNC2=O)cn1. The van der Waals surface area contributed by atoms with E-state index in [9.17, 15) is 9.59 Å². The first-order valence-electron chi connectivity index (χ1n) is 6.96. The Bertz CT molecular complexity index is 511. The van der Waals surface area contributed by atoms with E-state index in [2.05, 4.69) is 15.3 Å². The van der Waals surface area contributed by atoms with Gasteiger partial charge in [0.05, 0.1) is 12.7 Å².